The summed E-state index contributed by atoms with van der Waals surface area (Å²) in [6.45, 7) is 7.43. The molecular weight excluding hydrogens is 140 g/mol. The third-order valence-corrected chi connectivity index (χ3v) is 1.99. The van der Waals surface area contributed by atoms with E-state index in [0.717, 1.165) is 12.8 Å². The maximum absolute atomic E-state index is 9.78. The lowest BCUT2D eigenvalue weighted by atomic mass is 9.88. The summed E-state index contributed by atoms with van der Waals surface area (Å²) in [7, 11) is 0. The predicted octanol–water partition coefficient (Wildman–Crippen LogP) is 1.51. The Balaban J connectivity index is 4.01. The van der Waals surface area contributed by atoms with Crippen LogP contribution in [-0.4, -0.2) is 21.9 Å². The molecular formula is C9H19O2. The van der Waals surface area contributed by atoms with Crippen molar-refractivity contribution in [1.29, 1.82) is 0 Å². The first-order valence-corrected chi connectivity index (χ1v) is 4.30. The van der Waals surface area contributed by atoms with Crippen LogP contribution in [0.25, 0.3) is 0 Å². The van der Waals surface area contributed by atoms with Crippen LogP contribution < -0.4 is 0 Å². The predicted molar refractivity (Wildman–Crippen MR) is 46.1 cm³/mol. The van der Waals surface area contributed by atoms with E-state index in [9.17, 15) is 10.2 Å². The highest BCUT2D eigenvalue weighted by atomic mass is 16.3. The summed E-state index contributed by atoms with van der Waals surface area (Å²) >= 11 is 0. The molecule has 2 N–H and O–H groups in total. The van der Waals surface area contributed by atoms with Crippen LogP contribution in [0.3, 0.4) is 0 Å². The molecule has 0 aromatic carbocycles. The molecule has 2 nitrogen and oxygen atoms in total. The number of aliphatic hydroxyl groups is 2. The van der Waals surface area contributed by atoms with Gasteiger partial charge in [-0.3, -0.25) is 0 Å². The molecule has 1 unspecified atom stereocenters. The van der Waals surface area contributed by atoms with Gasteiger partial charge >= 0.3 is 0 Å². The smallest absolute Gasteiger partial charge is 0.0905 e. The minimum atomic E-state index is -0.955. The summed E-state index contributed by atoms with van der Waals surface area (Å²) < 4.78 is 0. The Labute approximate surface area is 69.2 Å². The van der Waals surface area contributed by atoms with Crippen molar-refractivity contribution in [3.05, 3.63) is 6.92 Å². The van der Waals surface area contributed by atoms with E-state index in [-0.39, 0.29) is 0 Å². The van der Waals surface area contributed by atoms with Crippen molar-refractivity contribution < 1.29 is 10.2 Å². The minimum absolute atomic E-state index is 0.630. The van der Waals surface area contributed by atoms with Crippen LogP contribution in [0.5, 0.6) is 0 Å². The van der Waals surface area contributed by atoms with Crippen molar-refractivity contribution in [2.75, 3.05) is 0 Å². The molecule has 0 aromatic rings. The second kappa shape index (κ2) is 4.73. The SMILES string of the molecule is [CH2]C(O)C(O)(CCC)CCC. The highest BCUT2D eigenvalue weighted by Crippen LogP contribution is 2.22. The van der Waals surface area contributed by atoms with E-state index in [4.69, 9.17) is 0 Å². The highest BCUT2D eigenvalue weighted by Gasteiger charge is 2.30. The molecule has 0 fully saturated rings. The Hall–Kier alpha value is -0.0800. The first-order valence-electron chi connectivity index (χ1n) is 4.30. The molecule has 0 heterocycles. The maximum Gasteiger partial charge on any atom is 0.0905 e. The Kier molecular flexibility index (Phi) is 4.69. The quantitative estimate of drug-likeness (QED) is 0.638. The van der Waals surface area contributed by atoms with Gasteiger partial charge in [-0.25, -0.2) is 0 Å². The Morgan fingerprint density at radius 1 is 1.27 bits per heavy atom. The van der Waals surface area contributed by atoms with E-state index >= 15 is 0 Å². The van der Waals surface area contributed by atoms with Gasteiger partial charge in [0.05, 0.1) is 11.7 Å². The number of rotatable bonds is 5. The monoisotopic (exact) mass is 159 g/mol. The molecule has 0 amide bonds. The van der Waals surface area contributed by atoms with Gasteiger partial charge in [0.25, 0.3) is 0 Å². The van der Waals surface area contributed by atoms with Crippen LogP contribution in [0.4, 0.5) is 0 Å². The van der Waals surface area contributed by atoms with E-state index in [1.165, 1.54) is 0 Å². The third kappa shape index (κ3) is 3.21. The van der Waals surface area contributed by atoms with Gasteiger partial charge in [0.1, 0.15) is 0 Å². The number of aliphatic hydroxyl groups excluding tert-OH is 1. The average molecular weight is 159 g/mol. The molecule has 0 aliphatic rings. The summed E-state index contributed by atoms with van der Waals surface area (Å²) in [4.78, 5) is 0. The lowest BCUT2D eigenvalue weighted by Gasteiger charge is -2.30. The summed E-state index contributed by atoms with van der Waals surface area (Å²) in [5.74, 6) is 0. The second-order valence-electron chi connectivity index (χ2n) is 3.12. The molecule has 0 saturated heterocycles. The van der Waals surface area contributed by atoms with Crippen LogP contribution in [0.1, 0.15) is 39.5 Å². The Morgan fingerprint density at radius 2 is 1.64 bits per heavy atom. The summed E-state index contributed by atoms with van der Waals surface area (Å²) in [5.41, 5.74) is -0.955. The van der Waals surface area contributed by atoms with Gasteiger partial charge < -0.3 is 10.2 Å². The van der Waals surface area contributed by atoms with Crippen molar-refractivity contribution in [1.82, 2.24) is 0 Å². The summed E-state index contributed by atoms with van der Waals surface area (Å²) in [6.07, 6.45) is 2.16. The molecule has 0 rings (SSSR count). The van der Waals surface area contributed by atoms with E-state index in [2.05, 4.69) is 6.92 Å². The van der Waals surface area contributed by atoms with E-state index in [1.54, 1.807) is 0 Å². The summed E-state index contributed by atoms with van der Waals surface area (Å²) in [6, 6.07) is 0. The molecule has 11 heavy (non-hydrogen) atoms. The second-order valence-corrected chi connectivity index (χ2v) is 3.12. The minimum Gasteiger partial charge on any atom is -0.390 e. The normalized spacial score (nSPS) is 15.0. The molecule has 0 spiro atoms. The zero-order valence-electron chi connectivity index (χ0n) is 7.51. The molecule has 0 aliphatic heterocycles. The van der Waals surface area contributed by atoms with Crippen molar-refractivity contribution in [2.45, 2.75) is 51.2 Å². The summed E-state index contributed by atoms with van der Waals surface area (Å²) in [5, 5.41) is 18.9. The largest absolute Gasteiger partial charge is 0.390 e. The Bertz CT molecular complexity index is 93.7. The molecule has 1 atom stereocenters. The van der Waals surface area contributed by atoms with Gasteiger partial charge in [-0.15, -0.1) is 0 Å². The third-order valence-electron chi connectivity index (χ3n) is 1.99. The fraction of sp³-hybridized carbons (Fsp3) is 0.889. The first kappa shape index (κ1) is 10.9. The Morgan fingerprint density at radius 3 is 1.82 bits per heavy atom. The number of hydrogen-bond acceptors (Lipinski definition) is 2. The van der Waals surface area contributed by atoms with Crippen LogP contribution in [0.2, 0.25) is 0 Å². The average Bonchev–Trinajstić information content (AvgIpc) is 1.88. The van der Waals surface area contributed by atoms with Gasteiger partial charge in [0.2, 0.25) is 0 Å². The molecule has 67 valence electrons. The zero-order chi connectivity index (χ0) is 8.91. The van der Waals surface area contributed by atoms with Gasteiger partial charge in [0, 0.05) is 0 Å². The molecule has 2 heteroatoms. The van der Waals surface area contributed by atoms with Crippen molar-refractivity contribution in [3.8, 4) is 0 Å². The van der Waals surface area contributed by atoms with Crippen LogP contribution >= 0.6 is 0 Å². The molecule has 0 aromatic heterocycles. The number of hydrogen-bond donors (Lipinski definition) is 2. The van der Waals surface area contributed by atoms with Crippen LogP contribution in [0, 0.1) is 6.92 Å². The zero-order valence-corrected chi connectivity index (χ0v) is 7.51. The molecule has 0 bridgehead atoms. The topological polar surface area (TPSA) is 40.5 Å². The molecule has 0 aliphatic carbocycles. The van der Waals surface area contributed by atoms with Crippen LogP contribution in [0.15, 0.2) is 0 Å². The van der Waals surface area contributed by atoms with Gasteiger partial charge in [-0.2, -0.15) is 0 Å². The van der Waals surface area contributed by atoms with Crippen molar-refractivity contribution in [2.24, 2.45) is 0 Å². The van der Waals surface area contributed by atoms with Crippen LogP contribution in [-0.2, 0) is 0 Å². The van der Waals surface area contributed by atoms with E-state index < -0.39 is 11.7 Å². The maximum atomic E-state index is 9.78. The fourth-order valence-electron chi connectivity index (χ4n) is 1.32. The van der Waals surface area contributed by atoms with Gasteiger partial charge in [-0.05, 0) is 19.8 Å². The van der Waals surface area contributed by atoms with Gasteiger partial charge in [-0.1, -0.05) is 26.7 Å². The fourth-order valence-corrected chi connectivity index (χ4v) is 1.32. The first-order chi connectivity index (χ1) is 5.06. The lowest BCUT2D eigenvalue weighted by Crippen LogP contribution is -2.40. The van der Waals surface area contributed by atoms with Gasteiger partial charge in [0.15, 0.2) is 0 Å². The highest BCUT2D eigenvalue weighted by molar-refractivity contribution is 4.86. The van der Waals surface area contributed by atoms with Crippen molar-refractivity contribution in [3.63, 3.8) is 0 Å². The molecule has 0 saturated carbocycles. The van der Waals surface area contributed by atoms with E-state index in [0.29, 0.717) is 12.8 Å². The van der Waals surface area contributed by atoms with E-state index in [1.807, 2.05) is 13.8 Å². The molecule has 1 radical (unpaired) electrons. The standard InChI is InChI=1S/C9H19O2/c1-4-6-9(11,7-5-2)8(3)10/h8,10-11H,3-7H2,1-2H3. The van der Waals surface area contributed by atoms with Crippen molar-refractivity contribution >= 4 is 0 Å². The lowest BCUT2D eigenvalue weighted by molar-refractivity contribution is -0.0661.